The molecule has 104 heavy (non-hydrogen) atoms. The zero-order valence-electron chi connectivity index (χ0n) is 63.0. The lowest BCUT2D eigenvalue weighted by atomic mass is 9.70. The Morgan fingerprint density at radius 2 is 0.769 bits per heavy atom. The van der Waals surface area contributed by atoms with Gasteiger partial charge in [0, 0.05) is 76.8 Å². The Balaban J connectivity index is 0.703. The van der Waals surface area contributed by atoms with E-state index in [1.165, 1.54) is 227 Å². The first-order chi connectivity index (χ1) is 50.3. The van der Waals surface area contributed by atoms with Crippen LogP contribution >= 0.6 is 0 Å². The van der Waals surface area contributed by atoms with E-state index in [4.69, 9.17) is 8.83 Å². The van der Waals surface area contributed by atoms with Crippen LogP contribution < -0.4 is 4.90 Å². The van der Waals surface area contributed by atoms with Gasteiger partial charge in [-0.3, -0.25) is 0 Å². The zero-order valence-corrected chi connectivity index (χ0v) is 63.0. The van der Waals surface area contributed by atoms with Crippen LogP contribution in [0.25, 0.3) is 122 Å². The molecule has 0 N–H and O–H groups in total. The molecule has 12 aromatic carbocycles. The predicted molar refractivity (Wildman–Crippen MR) is 439 cm³/mol. The van der Waals surface area contributed by atoms with E-state index in [9.17, 15) is 0 Å². The molecule has 0 bridgehead atoms. The topological polar surface area (TPSA) is 29.5 Å². The second-order valence-corrected chi connectivity index (χ2v) is 33.8. The summed E-state index contributed by atoms with van der Waals surface area (Å²) in [6, 6.07) is 82.3. The zero-order chi connectivity index (χ0) is 71.1. The molecule has 14 aromatic rings. The summed E-state index contributed by atoms with van der Waals surface area (Å²) in [5.41, 5.74) is 40.7. The summed E-state index contributed by atoms with van der Waals surface area (Å²) in [6.45, 7) is 28.8. The molecule has 19 rings (SSSR count). The number of fused-ring (bicyclic) bond motifs is 25. The molecule has 3 heteroatoms. The maximum atomic E-state index is 7.24. The van der Waals surface area contributed by atoms with Gasteiger partial charge in [-0.15, -0.1) is 0 Å². The quantitative estimate of drug-likeness (QED) is 0.0851. The molecule has 0 atom stereocenters. The Kier molecular flexibility index (Phi) is 14.7. The minimum atomic E-state index is -0.383. The van der Waals surface area contributed by atoms with Gasteiger partial charge in [0.25, 0.3) is 0 Å². The normalized spacial score (nSPS) is 15.8. The molecule has 0 amide bonds. The number of hydrogen-bond acceptors (Lipinski definition) is 3. The summed E-state index contributed by atoms with van der Waals surface area (Å²) in [6.07, 6.45) is 15.4. The molecule has 5 aliphatic carbocycles. The lowest BCUT2D eigenvalue weighted by Crippen LogP contribution is -2.25. The highest BCUT2D eigenvalue weighted by atomic mass is 16.3. The minimum absolute atomic E-state index is 0.0324. The second-order valence-electron chi connectivity index (χ2n) is 33.8. The number of furan rings is 2. The summed E-state index contributed by atoms with van der Waals surface area (Å²) in [4.78, 5) is 2.54. The number of para-hydroxylation sites is 2. The number of aryl methyl sites for hydroxylation is 2. The number of unbranched alkanes of at least 4 members (excludes halogenated alkanes) is 8. The van der Waals surface area contributed by atoms with Crippen LogP contribution in [0.5, 0.6) is 0 Å². The van der Waals surface area contributed by atoms with Crippen molar-refractivity contribution in [2.45, 2.75) is 187 Å². The Morgan fingerprint density at radius 3 is 1.40 bits per heavy atom. The maximum absolute atomic E-state index is 7.24. The smallest absolute Gasteiger partial charge is 0.144 e. The van der Waals surface area contributed by atoms with Crippen LogP contribution in [0.3, 0.4) is 0 Å². The van der Waals surface area contributed by atoms with Gasteiger partial charge in [-0.05, 0) is 221 Å². The summed E-state index contributed by atoms with van der Waals surface area (Å²) in [7, 11) is 0. The van der Waals surface area contributed by atoms with E-state index in [1.807, 2.05) is 0 Å². The summed E-state index contributed by atoms with van der Waals surface area (Å²) >= 11 is 0. The lowest BCUT2D eigenvalue weighted by molar-refractivity contribution is 0.399. The fraction of sp³-hybridized carbons (Fsp3) is 0.287. The third-order valence-corrected chi connectivity index (χ3v) is 26.3. The van der Waals surface area contributed by atoms with Gasteiger partial charge < -0.3 is 13.7 Å². The van der Waals surface area contributed by atoms with Gasteiger partial charge in [0.15, 0.2) is 0 Å². The van der Waals surface area contributed by atoms with Crippen LogP contribution in [0.15, 0.2) is 221 Å². The van der Waals surface area contributed by atoms with Crippen molar-refractivity contribution in [2.75, 3.05) is 4.90 Å². The summed E-state index contributed by atoms with van der Waals surface area (Å²) in [5.74, 6) is 0. The Labute approximate surface area is 615 Å². The summed E-state index contributed by atoms with van der Waals surface area (Å²) < 4.78 is 14.4. The number of hydrogen-bond donors (Lipinski definition) is 0. The van der Waals surface area contributed by atoms with Crippen LogP contribution in [0.2, 0.25) is 0 Å². The maximum Gasteiger partial charge on any atom is 0.144 e. The molecule has 3 nitrogen and oxygen atoms in total. The molecule has 5 aliphatic rings. The van der Waals surface area contributed by atoms with E-state index < -0.39 is 0 Å². The van der Waals surface area contributed by atoms with E-state index >= 15 is 0 Å². The Morgan fingerprint density at radius 1 is 0.317 bits per heavy atom. The standard InChI is InChI=1S/C101H95NO2/c1-13-15-17-19-29-51-101(52-30-20-18-16-14-2)78-36-26-21-31-67(78)70-46-41-63(55-83(70)101)62-40-45-68-69-47-42-64(56-80(69)97(5,6)79(68)54-62)76-59-84-88(90-74-33-23-27-37-86(74)103-95(76)90)72-48-43-65(57-81(72)98(84,7)8)102(85-50-39-60(3)53-61(85)4)66-44-49-73-82(58-66)100(11,12)94-92(73)96-91(75-34-24-28-38-87(75)104-96)89-71-32-22-25-35-77(71)99(9,10)93(89)94/h21-28,31-50,53-59H,13-20,29-30,51-52H2,1-12H3. The monoisotopic (exact) mass is 1350 g/mol. The number of rotatable bonds is 17. The van der Waals surface area contributed by atoms with E-state index in [-0.39, 0.29) is 27.1 Å². The van der Waals surface area contributed by atoms with Crippen molar-refractivity contribution >= 4 is 60.9 Å². The molecule has 0 spiro atoms. The highest BCUT2D eigenvalue weighted by molar-refractivity contribution is 6.22. The minimum Gasteiger partial charge on any atom is -0.455 e. The van der Waals surface area contributed by atoms with Gasteiger partial charge in [-0.25, -0.2) is 0 Å². The van der Waals surface area contributed by atoms with Crippen molar-refractivity contribution < 1.29 is 8.83 Å². The van der Waals surface area contributed by atoms with Crippen LogP contribution in [-0.4, -0.2) is 0 Å². The van der Waals surface area contributed by atoms with Gasteiger partial charge >= 0.3 is 0 Å². The largest absolute Gasteiger partial charge is 0.455 e. The molecule has 0 unspecified atom stereocenters. The fourth-order valence-electron chi connectivity index (χ4n) is 21.0. The number of anilines is 3. The van der Waals surface area contributed by atoms with Crippen LogP contribution in [0, 0.1) is 13.8 Å². The number of nitrogens with zero attached hydrogens (tertiary/aromatic N) is 1. The SMILES string of the molecule is CCCCCCCC1(CCCCCCC)c2ccccc2-c2ccc(-c3ccc4c(c3)C(C)(C)c3cc(-c5cc6c(c7c5oc5ccccc57)-c5ccc(N(c7ccc8c(c7)C(C)(C)c7c9c(c%10c(oc%11ccccc%11%10)c7-8)-c7ccccc7C9(C)C)c7ccc(C)cc7C)cc5C6(C)C)ccc3-4)cc21. The number of benzene rings is 12. The highest BCUT2D eigenvalue weighted by Crippen LogP contribution is 2.65. The molecule has 0 saturated carbocycles. The van der Waals surface area contributed by atoms with Gasteiger partial charge in [0.1, 0.15) is 22.3 Å². The first kappa shape index (κ1) is 64.8. The lowest BCUT2D eigenvalue weighted by Gasteiger charge is -2.33. The second kappa shape index (κ2) is 23.5. The molecule has 0 radical (unpaired) electrons. The predicted octanol–water partition coefficient (Wildman–Crippen LogP) is 29.1. The molecule has 0 fully saturated rings. The van der Waals surface area contributed by atoms with Crippen LogP contribution in [0.4, 0.5) is 17.1 Å². The van der Waals surface area contributed by atoms with Crippen molar-refractivity contribution in [1.29, 1.82) is 0 Å². The van der Waals surface area contributed by atoms with E-state index in [2.05, 4.69) is 300 Å². The van der Waals surface area contributed by atoms with Crippen LogP contribution in [-0.2, 0) is 27.1 Å². The molecule has 2 aromatic heterocycles. The van der Waals surface area contributed by atoms with Crippen molar-refractivity contribution in [3.8, 4) is 77.9 Å². The van der Waals surface area contributed by atoms with Crippen molar-refractivity contribution in [2.24, 2.45) is 0 Å². The van der Waals surface area contributed by atoms with E-state index in [0.717, 1.165) is 44.7 Å². The molecule has 0 aliphatic heterocycles. The Bertz CT molecular complexity index is 5930. The fourth-order valence-corrected chi connectivity index (χ4v) is 21.0. The molecular weight excluding hydrogens is 1260 g/mol. The summed E-state index contributed by atoms with van der Waals surface area (Å²) in [5, 5.41) is 4.75. The van der Waals surface area contributed by atoms with E-state index in [1.54, 1.807) is 11.1 Å². The van der Waals surface area contributed by atoms with Crippen molar-refractivity contribution in [3.05, 3.63) is 279 Å². The average molecular weight is 1350 g/mol. The van der Waals surface area contributed by atoms with Gasteiger partial charge in [-0.1, -0.05) is 285 Å². The third-order valence-electron chi connectivity index (χ3n) is 26.3. The van der Waals surface area contributed by atoms with E-state index in [0.29, 0.717) is 0 Å². The molecule has 0 saturated heterocycles. The highest BCUT2D eigenvalue weighted by Gasteiger charge is 2.50. The third kappa shape index (κ3) is 9.19. The average Bonchev–Trinajstić information content (AvgIpc) is 1.50. The molecular formula is C101H95NO2. The van der Waals surface area contributed by atoms with Crippen molar-refractivity contribution in [1.82, 2.24) is 0 Å². The molecule has 516 valence electrons. The van der Waals surface area contributed by atoms with Gasteiger partial charge in [0.2, 0.25) is 0 Å². The van der Waals surface area contributed by atoms with Gasteiger partial charge in [-0.2, -0.15) is 0 Å². The first-order valence-electron chi connectivity index (χ1n) is 39.2. The first-order valence-corrected chi connectivity index (χ1v) is 39.2. The molecule has 2 heterocycles. The van der Waals surface area contributed by atoms with Gasteiger partial charge in [0.05, 0.1) is 0 Å². The van der Waals surface area contributed by atoms with Crippen molar-refractivity contribution in [3.63, 3.8) is 0 Å². The Hall–Kier alpha value is -9.96. The van der Waals surface area contributed by atoms with Crippen LogP contribution in [0.1, 0.15) is 213 Å².